The number of amides is 1. The Morgan fingerprint density at radius 1 is 1.32 bits per heavy atom. The highest BCUT2D eigenvalue weighted by molar-refractivity contribution is 5.76. The van der Waals surface area contributed by atoms with Crippen molar-refractivity contribution in [2.45, 2.75) is 39.8 Å². The summed E-state index contributed by atoms with van der Waals surface area (Å²) in [7, 11) is 1.64. The van der Waals surface area contributed by atoms with Gasteiger partial charge in [-0.3, -0.25) is 9.48 Å². The number of carbonyl (C=O) groups is 1. The van der Waals surface area contributed by atoms with E-state index in [-0.39, 0.29) is 11.9 Å². The highest BCUT2D eigenvalue weighted by Crippen LogP contribution is 2.14. The molecule has 5 nitrogen and oxygen atoms in total. The van der Waals surface area contributed by atoms with E-state index >= 15 is 0 Å². The first-order valence-corrected chi connectivity index (χ1v) is 7.42. The van der Waals surface area contributed by atoms with Crippen LogP contribution in [0.1, 0.15) is 36.3 Å². The molecule has 0 fully saturated rings. The van der Waals surface area contributed by atoms with Crippen LogP contribution in [0.15, 0.2) is 30.3 Å². The zero-order valence-corrected chi connectivity index (χ0v) is 13.6. The molecule has 0 aliphatic heterocycles. The number of nitrogens with one attached hydrogen (secondary N) is 1. The second-order valence-electron chi connectivity index (χ2n) is 5.55. The Kier molecular flexibility index (Phi) is 5.20. The number of rotatable bonds is 6. The Labute approximate surface area is 131 Å². The minimum atomic E-state index is 0.0240. The van der Waals surface area contributed by atoms with E-state index in [4.69, 9.17) is 4.74 Å². The van der Waals surface area contributed by atoms with Gasteiger partial charge in [0.1, 0.15) is 5.75 Å². The maximum Gasteiger partial charge on any atom is 0.222 e. The first-order chi connectivity index (χ1) is 10.5. The van der Waals surface area contributed by atoms with Crippen molar-refractivity contribution in [1.29, 1.82) is 0 Å². The Morgan fingerprint density at radius 2 is 2.00 bits per heavy atom. The molecule has 0 saturated carbocycles. The third kappa shape index (κ3) is 4.10. The molecule has 22 heavy (non-hydrogen) atoms. The smallest absolute Gasteiger partial charge is 0.222 e. The van der Waals surface area contributed by atoms with Crippen LogP contribution in [0.4, 0.5) is 0 Å². The fourth-order valence-corrected chi connectivity index (χ4v) is 2.46. The lowest BCUT2D eigenvalue weighted by Crippen LogP contribution is -2.26. The summed E-state index contributed by atoms with van der Waals surface area (Å²) >= 11 is 0. The van der Waals surface area contributed by atoms with Crippen LogP contribution in [0.3, 0.4) is 0 Å². The zero-order chi connectivity index (χ0) is 16.1. The van der Waals surface area contributed by atoms with Gasteiger partial charge in [-0.05, 0) is 44.5 Å². The number of hydrogen-bond acceptors (Lipinski definition) is 3. The van der Waals surface area contributed by atoms with E-state index in [1.54, 1.807) is 7.11 Å². The third-order valence-corrected chi connectivity index (χ3v) is 3.59. The van der Waals surface area contributed by atoms with E-state index in [1.165, 1.54) is 0 Å². The van der Waals surface area contributed by atoms with Crippen molar-refractivity contribution in [3.8, 4) is 5.75 Å². The number of methoxy groups -OCH3 is 1. The molecule has 1 atom stereocenters. The van der Waals surface area contributed by atoms with Gasteiger partial charge in [0.2, 0.25) is 5.91 Å². The van der Waals surface area contributed by atoms with Gasteiger partial charge in [0.25, 0.3) is 0 Å². The fourth-order valence-electron chi connectivity index (χ4n) is 2.46. The molecule has 2 aromatic rings. The molecule has 2 rings (SSSR count). The molecule has 0 spiro atoms. The van der Waals surface area contributed by atoms with Gasteiger partial charge in [0.05, 0.1) is 18.8 Å². The van der Waals surface area contributed by atoms with Gasteiger partial charge in [-0.25, -0.2) is 0 Å². The van der Waals surface area contributed by atoms with Crippen LogP contribution in [-0.4, -0.2) is 22.8 Å². The van der Waals surface area contributed by atoms with Gasteiger partial charge in [-0.15, -0.1) is 0 Å². The minimum Gasteiger partial charge on any atom is -0.497 e. The van der Waals surface area contributed by atoms with Gasteiger partial charge in [-0.2, -0.15) is 5.10 Å². The molecule has 5 heteroatoms. The lowest BCUT2D eigenvalue weighted by atomic mass is 10.2. The molecule has 1 heterocycles. The van der Waals surface area contributed by atoms with Gasteiger partial charge >= 0.3 is 0 Å². The minimum absolute atomic E-state index is 0.0240. The first kappa shape index (κ1) is 16.1. The summed E-state index contributed by atoms with van der Waals surface area (Å²) in [6, 6.07) is 9.74. The van der Waals surface area contributed by atoms with Crippen LogP contribution in [-0.2, 0) is 11.3 Å². The molecule has 0 aliphatic rings. The highest BCUT2D eigenvalue weighted by Gasteiger charge is 2.13. The highest BCUT2D eigenvalue weighted by atomic mass is 16.5. The number of carbonyl (C=O) groups excluding carboxylic acids is 1. The summed E-state index contributed by atoms with van der Waals surface area (Å²) in [6.45, 7) is 6.49. The number of benzene rings is 1. The van der Waals surface area contributed by atoms with Crippen LogP contribution >= 0.6 is 0 Å². The zero-order valence-electron chi connectivity index (χ0n) is 13.6. The van der Waals surface area contributed by atoms with E-state index in [1.807, 2.05) is 55.8 Å². The van der Waals surface area contributed by atoms with Crippen LogP contribution in [0.2, 0.25) is 0 Å². The number of aromatic nitrogens is 2. The van der Waals surface area contributed by atoms with Crippen LogP contribution in [0.5, 0.6) is 5.75 Å². The van der Waals surface area contributed by atoms with Crippen LogP contribution < -0.4 is 10.1 Å². The standard InChI is InChI=1S/C17H23N3O2/c1-12-9-13(2)20(19-12)14(3)10-17(21)18-11-15-5-7-16(22-4)8-6-15/h5-9,14H,10-11H2,1-4H3,(H,18,21)/t14-/m1/s1. The van der Waals surface area contributed by atoms with Gasteiger partial charge < -0.3 is 10.1 Å². The molecule has 0 saturated heterocycles. The monoisotopic (exact) mass is 301 g/mol. The number of hydrogen-bond donors (Lipinski definition) is 1. The molecule has 0 bridgehead atoms. The maximum absolute atomic E-state index is 12.1. The molecule has 1 N–H and O–H groups in total. The second-order valence-corrected chi connectivity index (χ2v) is 5.55. The van der Waals surface area contributed by atoms with Crippen molar-refractivity contribution in [1.82, 2.24) is 15.1 Å². The Hall–Kier alpha value is -2.30. The maximum atomic E-state index is 12.1. The number of ether oxygens (including phenoxy) is 1. The Morgan fingerprint density at radius 3 is 2.55 bits per heavy atom. The van der Waals surface area contributed by atoms with Gasteiger partial charge in [0, 0.05) is 18.7 Å². The Bertz CT molecular complexity index is 632. The summed E-state index contributed by atoms with van der Waals surface area (Å²) in [5.74, 6) is 0.837. The van der Waals surface area contributed by atoms with Crippen LogP contribution in [0, 0.1) is 13.8 Å². The topological polar surface area (TPSA) is 56.1 Å². The largest absolute Gasteiger partial charge is 0.497 e. The molecule has 118 valence electrons. The van der Waals surface area contributed by atoms with E-state index in [0.717, 1.165) is 22.7 Å². The molecule has 1 amide bonds. The van der Waals surface area contributed by atoms with E-state index < -0.39 is 0 Å². The molecule has 0 aliphatic carbocycles. The van der Waals surface area contributed by atoms with Crippen molar-refractivity contribution in [3.63, 3.8) is 0 Å². The Balaban J connectivity index is 1.85. The summed E-state index contributed by atoms with van der Waals surface area (Å²) in [6.07, 6.45) is 0.415. The SMILES string of the molecule is COc1ccc(CNC(=O)C[C@@H](C)n2nc(C)cc2C)cc1. The first-order valence-electron chi connectivity index (χ1n) is 7.42. The second kappa shape index (κ2) is 7.11. The third-order valence-electron chi connectivity index (χ3n) is 3.59. The summed E-state index contributed by atoms with van der Waals surface area (Å²) < 4.78 is 7.02. The van der Waals surface area contributed by atoms with Crippen LogP contribution in [0.25, 0.3) is 0 Å². The lowest BCUT2D eigenvalue weighted by molar-refractivity contribution is -0.122. The van der Waals surface area contributed by atoms with E-state index in [9.17, 15) is 4.79 Å². The molecule has 1 aromatic heterocycles. The quantitative estimate of drug-likeness (QED) is 0.892. The average Bonchev–Trinajstić information content (AvgIpc) is 2.84. The average molecular weight is 301 g/mol. The molecule has 0 unspecified atom stereocenters. The number of nitrogens with zero attached hydrogens (tertiary/aromatic N) is 2. The summed E-state index contributed by atoms with van der Waals surface area (Å²) in [5, 5.41) is 7.37. The normalized spacial score (nSPS) is 12.0. The summed E-state index contributed by atoms with van der Waals surface area (Å²) in [5.41, 5.74) is 3.10. The van der Waals surface area contributed by atoms with Crippen molar-refractivity contribution < 1.29 is 9.53 Å². The van der Waals surface area contributed by atoms with Gasteiger partial charge in [-0.1, -0.05) is 12.1 Å². The van der Waals surface area contributed by atoms with Crippen molar-refractivity contribution in [3.05, 3.63) is 47.3 Å². The van der Waals surface area contributed by atoms with Gasteiger partial charge in [0.15, 0.2) is 0 Å². The lowest BCUT2D eigenvalue weighted by Gasteiger charge is -2.14. The van der Waals surface area contributed by atoms with E-state index in [0.29, 0.717) is 13.0 Å². The molecular weight excluding hydrogens is 278 g/mol. The molecule has 0 radical (unpaired) electrons. The fraction of sp³-hybridized carbons (Fsp3) is 0.412. The van der Waals surface area contributed by atoms with Crippen molar-refractivity contribution >= 4 is 5.91 Å². The number of aryl methyl sites for hydroxylation is 2. The van der Waals surface area contributed by atoms with Crippen molar-refractivity contribution in [2.75, 3.05) is 7.11 Å². The molecule has 1 aromatic carbocycles. The predicted molar refractivity (Wildman–Crippen MR) is 85.9 cm³/mol. The van der Waals surface area contributed by atoms with Crippen molar-refractivity contribution in [2.24, 2.45) is 0 Å². The predicted octanol–water partition coefficient (Wildman–Crippen LogP) is 2.78. The molecular formula is C17H23N3O2. The summed E-state index contributed by atoms with van der Waals surface area (Å²) in [4.78, 5) is 12.1. The van der Waals surface area contributed by atoms with E-state index in [2.05, 4.69) is 10.4 Å².